The average Bonchev–Trinajstić information content (AvgIpc) is 2.50. The van der Waals surface area contributed by atoms with Gasteiger partial charge in [-0.05, 0) is 47.0 Å². The van der Waals surface area contributed by atoms with Gasteiger partial charge in [0.2, 0.25) is 5.92 Å². The van der Waals surface area contributed by atoms with Crippen molar-refractivity contribution in [1.82, 2.24) is 9.36 Å². The molecule has 1 saturated carbocycles. The summed E-state index contributed by atoms with van der Waals surface area (Å²) in [6, 6.07) is 0. The van der Waals surface area contributed by atoms with Gasteiger partial charge in [0, 0.05) is 18.8 Å². The topological polar surface area (TPSA) is 25.8 Å². The van der Waals surface area contributed by atoms with E-state index in [-0.39, 0.29) is 18.8 Å². The SMILES string of the molecule is FC1(F)CCCC(c2nsc(I)n2)C1. The van der Waals surface area contributed by atoms with E-state index in [2.05, 4.69) is 31.9 Å². The summed E-state index contributed by atoms with van der Waals surface area (Å²) in [4.78, 5) is 4.16. The molecule has 2 rings (SSSR count). The zero-order valence-corrected chi connectivity index (χ0v) is 10.3. The van der Waals surface area contributed by atoms with Gasteiger partial charge >= 0.3 is 0 Å². The maximum atomic E-state index is 13.1. The van der Waals surface area contributed by atoms with Gasteiger partial charge in [0.05, 0.1) is 0 Å². The molecule has 6 heteroatoms. The number of halogens is 3. The minimum absolute atomic E-state index is 0.0186. The van der Waals surface area contributed by atoms with Crippen LogP contribution in [-0.4, -0.2) is 15.3 Å². The highest BCUT2D eigenvalue weighted by molar-refractivity contribution is 14.1. The van der Waals surface area contributed by atoms with Crippen LogP contribution in [0.5, 0.6) is 0 Å². The molecule has 0 aliphatic heterocycles. The van der Waals surface area contributed by atoms with Gasteiger partial charge in [-0.3, -0.25) is 0 Å². The van der Waals surface area contributed by atoms with Crippen molar-refractivity contribution in [3.8, 4) is 0 Å². The van der Waals surface area contributed by atoms with E-state index in [4.69, 9.17) is 0 Å². The molecule has 2 nitrogen and oxygen atoms in total. The highest BCUT2D eigenvalue weighted by Crippen LogP contribution is 2.40. The Kier molecular flexibility index (Phi) is 3.01. The van der Waals surface area contributed by atoms with Crippen LogP contribution in [0.4, 0.5) is 8.78 Å². The summed E-state index contributed by atoms with van der Waals surface area (Å²) >= 11 is 3.34. The monoisotopic (exact) mass is 330 g/mol. The summed E-state index contributed by atoms with van der Waals surface area (Å²) < 4.78 is 31.1. The zero-order chi connectivity index (χ0) is 10.2. The Labute approximate surface area is 98.4 Å². The van der Waals surface area contributed by atoms with Gasteiger partial charge in [0.15, 0.2) is 3.01 Å². The van der Waals surface area contributed by atoms with Crippen molar-refractivity contribution < 1.29 is 8.78 Å². The molecule has 78 valence electrons. The Hall–Kier alpha value is 0.150. The first-order valence-electron chi connectivity index (χ1n) is 4.44. The Morgan fingerprint density at radius 3 is 2.86 bits per heavy atom. The number of rotatable bonds is 1. The second-order valence-corrected chi connectivity index (χ2v) is 6.06. The molecule has 1 aliphatic carbocycles. The van der Waals surface area contributed by atoms with E-state index in [1.165, 1.54) is 11.5 Å². The highest BCUT2D eigenvalue weighted by Gasteiger charge is 2.38. The van der Waals surface area contributed by atoms with Gasteiger partial charge in [-0.2, -0.15) is 4.37 Å². The number of hydrogen-bond donors (Lipinski definition) is 0. The lowest BCUT2D eigenvalue weighted by atomic mass is 9.86. The molecule has 0 N–H and O–H groups in total. The molecule has 0 bridgehead atoms. The Morgan fingerprint density at radius 1 is 1.50 bits per heavy atom. The predicted octanol–water partition coefficient (Wildman–Crippen LogP) is 3.44. The summed E-state index contributed by atoms with van der Waals surface area (Å²) in [6.45, 7) is 0. The highest BCUT2D eigenvalue weighted by atomic mass is 127. The molecule has 14 heavy (non-hydrogen) atoms. The molecular weight excluding hydrogens is 321 g/mol. The summed E-state index contributed by atoms with van der Waals surface area (Å²) in [5, 5.41) is 0. The van der Waals surface area contributed by atoms with Crippen LogP contribution in [0.1, 0.15) is 37.4 Å². The Morgan fingerprint density at radius 2 is 2.29 bits per heavy atom. The number of alkyl halides is 2. The first kappa shape index (κ1) is 10.7. The molecule has 0 spiro atoms. The Balaban J connectivity index is 2.12. The van der Waals surface area contributed by atoms with E-state index < -0.39 is 5.92 Å². The third kappa shape index (κ3) is 2.39. The molecule has 1 fully saturated rings. The fourth-order valence-corrected chi connectivity index (χ4v) is 2.81. The number of nitrogens with zero attached hydrogens (tertiary/aromatic N) is 2. The van der Waals surface area contributed by atoms with Crippen molar-refractivity contribution in [3.05, 3.63) is 8.84 Å². The zero-order valence-electron chi connectivity index (χ0n) is 7.34. The fourth-order valence-electron chi connectivity index (χ4n) is 1.77. The largest absolute Gasteiger partial charge is 0.248 e. The third-order valence-corrected chi connectivity index (χ3v) is 3.77. The van der Waals surface area contributed by atoms with Gasteiger partial charge in [-0.25, -0.2) is 13.8 Å². The minimum atomic E-state index is -2.51. The van der Waals surface area contributed by atoms with E-state index >= 15 is 0 Å². The lowest BCUT2D eigenvalue weighted by Crippen LogP contribution is -2.25. The van der Waals surface area contributed by atoms with Crippen LogP contribution in [0.2, 0.25) is 0 Å². The summed E-state index contributed by atoms with van der Waals surface area (Å²) in [5.41, 5.74) is 0. The van der Waals surface area contributed by atoms with E-state index in [0.717, 1.165) is 9.44 Å². The maximum Gasteiger partial charge on any atom is 0.248 e. The van der Waals surface area contributed by atoms with E-state index in [9.17, 15) is 8.78 Å². The summed E-state index contributed by atoms with van der Waals surface area (Å²) in [6.07, 6.45) is 1.31. The average molecular weight is 330 g/mol. The molecule has 1 aliphatic rings. The van der Waals surface area contributed by atoms with Crippen molar-refractivity contribution in [2.75, 3.05) is 0 Å². The van der Waals surface area contributed by atoms with Crippen LogP contribution in [0, 0.1) is 3.01 Å². The Bertz CT molecular complexity index is 329. The standard InChI is InChI=1S/C8H9F2IN2S/c9-8(10)3-1-2-5(4-8)6-12-7(11)14-13-6/h5H,1-4H2. The smallest absolute Gasteiger partial charge is 0.213 e. The molecule has 1 aromatic heterocycles. The molecule has 0 aromatic carbocycles. The lowest BCUT2D eigenvalue weighted by molar-refractivity contribution is -0.0416. The van der Waals surface area contributed by atoms with Crippen LogP contribution < -0.4 is 0 Å². The lowest BCUT2D eigenvalue weighted by Gasteiger charge is -2.26. The third-order valence-electron chi connectivity index (χ3n) is 2.42. The molecule has 1 aromatic rings. The van der Waals surface area contributed by atoms with Crippen molar-refractivity contribution in [3.63, 3.8) is 0 Å². The van der Waals surface area contributed by atoms with E-state index in [1.807, 2.05) is 0 Å². The molecule has 1 heterocycles. The summed E-state index contributed by atoms with van der Waals surface area (Å²) in [7, 11) is 0. The molecule has 0 saturated heterocycles. The van der Waals surface area contributed by atoms with Gasteiger partial charge in [0.25, 0.3) is 0 Å². The van der Waals surface area contributed by atoms with Gasteiger partial charge in [-0.1, -0.05) is 0 Å². The normalized spacial score (nSPS) is 26.4. The van der Waals surface area contributed by atoms with Crippen LogP contribution in [0.3, 0.4) is 0 Å². The van der Waals surface area contributed by atoms with Gasteiger partial charge in [0.1, 0.15) is 5.82 Å². The van der Waals surface area contributed by atoms with Crippen LogP contribution >= 0.6 is 34.1 Å². The van der Waals surface area contributed by atoms with Gasteiger partial charge in [-0.15, -0.1) is 0 Å². The first-order valence-corrected chi connectivity index (χ1v) is 6.29. The quantitative estimate of drug-likeness (QED) is 0.737. The number of aromatic nitrogens is 2. The number of hydrogen-bond acceptors (Lipinski definition) is 3. The van der Waals surface area contributed by atoms with Crippen LogP contribution in [0.15, 0.2) is 0 Å². The second kappa shape index (κ2) is 3.96. The van der Waals surface area contributed by atoms with Crippen LogP contribution in [-0.2, 0) is 0 Å². The van der Waals surface area contributed by atoms with E-state index in [1.54, 1.807) is 0 Å². The van der Waals surface area contributed by atoms with Crippen molar-refractivity contribution in [1.29, 1.82) is 0 Å². The van der Waals surface area contributed by atoms with Crippen molar-refractivity contribution in [2.45, 2.75) is 37.5 Å². The van der Waals surface area contributed by atoms with Crippen LogP contribution in [0.25, 0.3) is 0 Å². The van der Waals surface area contributed by atoms with Crippen molar-refractivity contribution in [2.24, 2.45) is 0 Å². The molecule has 1 atom stereocenters. The second-order valence-electron chi connectivity index (χ2n) is 3.55. The maximum absolute atomic E-state index is 13.1. The van der Waals surface area contributed by atoms with Gasteiger partial charge < -0.3 is 0 Å². The molecule has 1 unspecified atom stereocenters. The van der Waals surface area contributed by atoms with E-state index in [0.29, 0.717) is 12.2 Å². The molecule has 0 amide bonds. The summed E-state index contributed by atoms with van der Waals surface area (Å²) in [5.74, 6) is -2.04. The predicted molar refractivity (Wildman–Crippen MR) is 58.8 cm³/mol. The molecular formula is C8H9F2IN2S. The van der Waals surface area contributed by atoms with Crippen molar-refractivity contribution >= 4 is 34.1 Å². The first-order chi connectivity index (χ1) is 6.57. The fraction of sp³-hybridized carbons (Fsp3) is 0.750. The minimum Gasteiger partial charge on any atom is -0.213 e. The molecule has 0 radical (unpaired) electrons.